The largest absolute Gasteiger partial charge is 0.492 e. The lowest BCUT2D eigenvalue weighted by molar-refractivity contribution is 0.340. The van der Waals surface area contributed by atoms with Gasteiger partial charge in [0.1, 0.15) is 5.75 Å². The maximum Gasteiger partial charge on any atom is 0.137 e. The predicted octanol–water partition coefficient (Wildman–Crippen LogP) is 4.26. The molecule has 81 valence electrons. The van der Waals surface area contributed by atoms with Gasteiger partial charge in [0.15, 0.2) is 0 Å². The van der Waals surface area contributed by atoms with E-state index in [4.69, 9.17) is 16.3 Å². The third-order valence-electron chi connectivity index (χ3n) is 2.18. The van der Waals surface area contributed by atoms with Gasteiger partial charge in [0.2, 0.25) is 0 Å². The molecule has 0 spiro atoms. The van der Waals surface area contributed by atoms with E-state index < -0.39 is 0 Å². The molecule has 1 aromatic rings. The molecule has 0 aliphatic rings. The summed E-state index contributed by atoms with van der Waals surface area (Å²) < 4.78 is 5.37. The van der Waals surface area contributed by atoms with Gasteiger partial charge in [0, 0.05) is 5.92 Å². The van der Waals surface area contributed by atoms with Gasteiger partial charge in [0.05, 0.1) is 11.6 Å². The average molecular weight is 224 g/mol. The first-order chi connectivity index (χ1) is 7.19. The number of allylic oxidation sites excluding steroid dienone is 1. The highest BCUT2D eigenvalue weighted by molar-refractivity contribution is 6.32. The summed E-state index contributed by atoms with van der Waals surface area (Å²) in [5.41, 5.74) is 1.14. The van der Waals surface area contributed by atoms with Crippen LogP contribution >= 0.6 is 11.6 Å². The van der Waals surface area contributed by atoms with Crippen LogP contribution in [0.15, 0.2) is 30.9 Å². The van der Waals surface area contributed by atoms with Crippen molar-refractivity contribution < 1.29 is 4.74 Å². The molecule has 0 fully saturated rings. The Labute approximate surface area is 96.7 Å². The molecule has 0 bridgehead atoms. The van der Waals surface area contributed by atoms with Crippen molar-refractivity contribution in [1.29, 1.82) is 0 Å². The van der Waals surface area contributed by atoms with E-state index in [-0.39, 0.29) is 0 Å². The van der Waals surface area contributed by atoms with Crippen LogP contribution in [0.25, 0.3) is 0 Å². The second kappa shape index (κ2) is 5.82. The van der Waals surface area contributed by atoms with Crippen LogP contribution in [0.1, 0.15) is 25.8 Å². The van der Waals surface area contributed by atoms with E-state index in [2.05, 4.69) is 13.5 Å². The lowest BCUT2D eigenvalue weighted by Gasteiger charge is -2.11. The molecule has 2 heteroatoms. The Hall–Kier alpha value is -0.950. The molecule has 0 aliphatic heterocycles. The van der Waals surface area contributed by atoms with Gasteiger partial charge in [-0.3, -0.25) is 0 Å². The molecule has 1 aromatic carbocycles. The molecule has 0 aliphatic carbocycles. The SMILES string of the molecule is C=CC[C](C)c1ccc(OCC)c(Cl)c1. The van der Waals surface area contributed by atoms with Gasteiger partial charge in [-0.1, -0.05) is 30.7 Å². The summed E-state index contributed by atoms with van der Waals surface area (Å²) in [6.07, 6.45) is 2.77. The van der Waals surface area contributed by atoms with Crippen LogP contribution in [0.2, 0.25) is 5.02 Å². The zero-order chi connectivity index (χ0) is 11.3. The molecule has 0 aromatic heterocycles. The van der Waals surface area contributed by atoms with Crippen LogP contribution in [0.5, 0.6) is 5.75 Å². The van der Waals surface area contributed by atoms with Gasteiger partial charge in [-0.25, -0.2) is 0 Å². The second-order valence-corrected chi connectivity index (χ2v) is 3.76. The fourth-order valence-electron chi connectivity index (χ4n) is 1.37. The molecule has 0 heterocycles. The van der Waals surface area contributed by atoms with Crippen molar-refractivity contribution in [2.24, 2.45) is 0 Å². The van der Waals surface area contributed by atoms with Crippen LogP contribution in [0.4, 0.5) is 0 Å². The van der Waals surface area contributed by atoms with Gasteiger partial charge in [-0.15, -0.1) is 6.58 Å². The number of halogens is 1. The summed E-state index contributed by atoms with van der Waals surface area (Å²) in [4.78, 5) is 0. The summed E-state index contributed by atoms with van der Waals surface area (Å²) in [5, 5.41) is 0.665. The molecule has 0 unspecified atom stereocenters. The van der Waals surface area contributed by atoms with Crippen LogP contribution in [-0.2, 0) is 0 Å². The van der Waals surface area contributed by atoms with Crippen molar-refractivity contribution in [3.8, 4) is 5.75 Å². The second-order valence-electron chi connectivity index (χ2n) is 3.35. The predicted molar refractivity (Wildman–Crippen MR) is 65.5 cm³/mol. The van der Waals surface area contributed by atoms with Crippen LogP contribution < -0.4 is 4.74 Å². The summed E-state index contributed by atoms with van der Waals surface area (Å²) >= 11 is 6.09. The Morgan fingerprint density at radius 1 is 1.53 bits per heavy atom. The molecule has 0 N–H and O–H groups in total. The first-order valence-electron chi connectivity index (χ1n) is 5.05. The van der Waals surface area contributed by atoms with E-state index in [9.17, 15) is 0 Å². The van der Waals surface area contributed by atoms with E-state index in [1.165, 1.54) is 5.92 Å². The minimum absolute atomic E-state index is 0.633. The maximum absolute atomic E-state index is 6.09. The Balaban J connectivity index is 2.85. The molecule has 1 radical (unpaired) electrons. The van der Waals surface area contributed by atoms with Crippen molar-refractivity contribution in [1.82, 2.24) is 0 Å². The molecule has 0 saturated heterocycles. The standard InChI is InChI=1S/C13H16ClO/c1-4-6-10(3)11-7-8-13(15-5-2)12(14)9-11/h4,7-9H,1,5-6H2,2-3H3. The van der Waals surface area contributed by atoms with Gasteiger partial charge in [-0.2, -0.15) is 0 Å². The number of hydrogen-bond donors (Lipinski definition) is 0. The Kier molecular flexibility index (Phi) is 4.70. The minimum atomic E-state index is 0.633. The van der Waals surface area contributed by atoms with E-state index in [0.29, 0.717) is 11.6 Å². The summed E-state index contributed by atoms with van der Waals surface area (Å²) in [6, 6.07) is 5.87. The highest BCUT2D eigenvalue weighted by Gasteiger charge is 2.07. The fraction of sp³-hybridized carbons (Fsp3) is 0.308. The topological polar surface area (TPSA) is 9.23 Å². The highest BCUT2D eigenvalue weighted by Crippen LogP contribution is 2.29. The van der Waals surface area contributed by atoms with Crippen LogP contribution in [-0.4, -0.2) is 6.61 Å². The van der Waals surface area contributed by atoms with Crippen molar-refractivity contribution in [2.45, 2.75) is 20.3 Å². The summed E-state index contributed by atoms with van der Waals surface area (Å²) in [5.74, 6) is 2.00. The monoisotopic (exact) mass is 223 g/mol. The Morgan fingerprint density at radius 2 is 2.27 bits per heavy atom. The van der Waals surface area contributed by atoms with Crippen molar-refractivity contribution in [3.63, 3.8) is 0 Å². The minimum Gasteiger partial charge on any atom is -0.492 e. The molecular weight excluding hydrogens is 208 g/mol. The first kappa shape index (κ1) is 12.1. The number of ether oxygens (including phenoxy) is 1. The van der Waals surface area contributed by atoms with Gasteiger partial charge < -0.3 is 4.74 Å². The normalized spacial score (nSPS) is 10.4. The number of hydrogen-bond acceptors (Lipinski definition) is 1. The van der Waals surface area contributed by atoms with E-state index in [1.807, 2.05) is 31.2 Å². The highest BCUT2D eigenvalue weighted by atomic mass is 35.5. The smallest absolute Gasteiger partial charge is 0.137 e. The lowest BCUT2D eigenvalue weighted by atomic mass is 9.98. The molecule has 0 saturated carbocycles. The van der Waals surface area contributed by atoms with E-state index in [1.54, 1.807) is 0 Å². The maximum atomic E-state index is 6.09. The summed E-state index contributed by atoms with van der Waals surface area (Å²) in [7, 11) is 0. The van der Waals surface area contributed by atoms with E-state index in [0.717, 1.165) is 17.7 Å². The average Bonchev–Trinajstić information content (AvgIpc) is 2.21. The Morgan fingerprint density at radius 3 is 2.80 bits per heavy atom. The van der Waals surface area contributed by atoms with Gasteiger partial charge in [-0.05, 0) is 31.0 Å². The molecular formula is C13H16ClO. The number of rotatable bonds is 5. The summed E-state index contributed by atoms with van der Waals surface area (Å²) in [6.45, 7) is 8.37. The third-order valence-corrected chi connectivity index (χ3v) is 2.47. The molecule has 1 nitrogen and oxygen atoms in total. The quantitative estimate of drug-likeness (QED) is 0.678. The third kappa shape index (κ3) is 3.28. The van der Waals surface area contributed by atoms with Gasteiger partial charge >= 0.3 is 0 Å². The van der Waals surface area contributed by atoms with Crippen LogP contribution in [0.3, 0.4) is 0 Å². The van der Waals surface area contributed by atoms with Gasteiger partial charge in [0.25, 0.3) is 0 Å². The Bertz CT molecular complexity index is 333. The molecule has 0 amide bonds. The molecule has 15 heavy (non-hydrogen) atoms. The van der Waals surface area contributed by atoms with Crippen molar-refractivity contribution in [3.05, 3.63) is 47.4 Å². The zero-order valence-corrected chi connectivity index (χ0v) is 9.97. The lowest BCUT2D eigenvalue weighted by Crippen LogP contribution is -1.96. The molecule has 1 rings (SSSR count). The number of benzene rings is 1. The van der Waals surface area contributed by atoms with E-state index >= 15 is 0 Å². The fourth-order valence-corrected chi connectivity index (χ4v) is 1.61. The van der Waals surface area contributed by atoms with Crippen LogP contribution in [0, 0.1) is 5.92 Å². The first-order valence-corrected chi connectivity index (χ1v) is 5.42. The molecule has 0 atom stereocenters. The van der Waals surface area contributed by atoms with Crippen molar-refractivity contribution >= 4 is 11.6 Å². The van der Waals surface area contributed by atoms with Crippen molar-refractivity contribution in [2.75, 3.05) is 6.61 Å². The zero-order valence-electron chi connectivity index (χ0n) is 9.22.